The van der Waals surface area contributed by atoms with E-state index in [2.05, 4.69) is 35.5 Å². The minimum Gasteiger partial charge on any atom is -0.489 e. The molecule has 1 amide bonds. The number of hydrogen-bond donors (Lipinski definition) is 2. The number of rotatable bonds is 4. The van der Waals surface area contributed by atoms with Gasteiger partial charge in [0.1, 0.15) is 23.0 Å². The van der Waals surface area contributed by atoms with Crippen molar-refractivity contribution in [3.05, 3.63) is 70.7 Å². The lowest BCUT2D eigenvalue weighted by molar-refractivity contribution is -0.128. The zero-order chi connectivity index (χ0) is 30.9. The third-order valence-corrected chi connectivity index (χ3v) is 9.02. The number of aryl methyl sites for hydroxylation is 2. The first-order chi connectivity index (χ1) is 21.2. The fourth-order valence-corrected chi connectivity index (χ4v) is 6.81. The van der Waals surface area contributed by atoms with Gasteiger partial charge in [-0.25, -0.2) is 9.98 Å². The molecule has 1 fully saturated rings. The number of carbonyl (C=O) groups is 1. The molecule has 0 saturated carbocycles. The Morgan fingerprint density at radius 3 is 2.80 bits per heavy atom. The van der Waals surface area contributed by atoms with Gasteiger partial charge in [-0.05, 0) is 49.1 Å². The number of pyridine rings is 2. The average Bonchev–Trinajstić information content (AvgIpc) is 3.42. The summed E-state index contributed by atoms with van der Waals surface area (Å²) in [7, 11) is 0. The highest BCUT2D eigenvalue weighted by Gasteiger charge is 2.44. The normalized spacial score (nSPS) is 19.3. The Morgan fingerprint density at radius 2 is 2.02 bits per heavy atom. The van der Waals surface area contributed by atoms with Crippen molar-refractivity contribution >= 4 is 45.8 Å². The van der Waals surface area contributed by atoms with Crippen molar-refractivity contribution in [2.75, 3.05) is 31.1 Å². The number of aliphatic hydroxyl groups excluding tert-OH is 1. The number of amides is 1. The molecule has 2 atom stereocenters. The van der Waals surface area contributed by atoms with E-state index in [1.54, 1.807) is 22.2 Å². The van der Waals surface area contributed by atoms with Crippen LogP contribution >= 0.6 is 11.6 Å². The number of benzene rings is 1. The summed E-state index contributed by atoms with van der Waals surface area (Å²) >= 11 is 7.27. The third-order valence-electron chi connectivity index (χ3n) is 8.67. The van der Waals surface area contributed by atoms with Crippen LogP contribution in [0.2, 0.25) is 5.02 Å². The van der Waals surface area contributed by atoms with Gasteiger partial charge in [-0.3, -0.25) is 19.8 Å². The smallest absolute Gasteiger partial charge is 0.246 e. The zero-order valence-electron chi connectivity index (χ0n) is 25.0. The molecule has 3 aliphatic heterocycles. The topological polar surface area (TPSA) is 123 Å². The average molecular weight is 613 g/mol. The van der Waals surface area contributed by atoms with Crippen molar-refractivity contribution in [1.29, 1.82) is 0 Å². The lowest BCUT2D eigenvalue weighted by atomic mass is 9.98. The second-order valence-corrected chi connectivity index (χ2v) is 12.1. The van der Waals surface area contributed by atoms with Gasteiger partial charge in [0.2, 0.25) is 12.3 Å². The minimum absolute atomic E-state index is 0.0610. The third kappa shape index (κ3) is 4.25. The number of amidine groups is 1. The number of carbonyl (C=O) groups excluding carboxylic acids is 1. The maximum Gasteiger partial charge on any atom is 0.246 e. The Bertz CT molecular complexity index is 1870. The lowest BCUT2D eigenvalue weighted by Gasteiger charge is -2.43. The standard InChI is InChI=1S/C32H33ClN8O3/c1-6-22(42)39-11-12-40-19(14-39)15-44-29-24-30(40)37-32(43)41(28-18(5)9-10-34-26(28)16(2)3)31(24)36-27(25(29)33)23-17(4)7-8-21-20(23)13-35-38-21/h6-10,13,16,19,32,43H,1,11-12,14-15H2,2-5H3,(H,35,38). The molecular formula is C32H33ClN8O3. The zero-order valence-corrected chi connectivity index (χ0v) is 25.8. The Hall–Kier alpha value is -4.48. The first-order valence-corrected chi connectivity index (χ1v) is 15.1. The number of aliphatic hydroxyl groups is 1. The van der Waals surface area contributed by atoms with Crippen molar-refractivity contribution in [3.63, 3.8) is 0 Å². The van der Waals surface area contributed by atoms with Crippen molar-refractivity contribution in [2.45, 2.75) is 46.0 Å². The van der Waals surface area contributed by atoms with E-state index < -0.39 is 6.35 Å². The molecule has 0 aliphatic carbocycles. The summed E-state index contributed by atoms with van der Waals surface area (Å²) in [6, 6.07) is 5.66. The van der Waals surface area contributed by atoms with Gasteiger partial charge in [-0.2, -0.15) is 5.10 Å². The Labute approximate surface area is 259 Å². The van der Waals surface area contributed by atoms with E-state index >= 15 is 0 Å². The van der Waals surface area contributed by atoms with Gasteiger partial charge in [0.25, 0.3) is 0 Å². The first-order valence-electron chi connectivity index (χ1n) is 14.7. The molecule has 0 spiro atoms. The van der Waals surface area contributed by atoms with Gasteiger partial charge in [-0.15, -0.1) is 0 Å². The van der Waals surface area contributed by atoms with Gasteiger partial charge in [0.05, 0.1) is 34.8 Å². The molecule has 0 bridgehead atoms. The summed E-state index contributed by atoms with van der Waals surface area (Å²) in [4.78, 5) is 33.0. The number of nitrogens with one attached hydrogen (secondary N) is 1. The number of ether oxygens (including phenoxy) is 1. The van der Waals surface area contributed by atoms with Crippen LogP contribution in [0.25, 0.3) is 22.2 Å². The van der Waals surface area contributed by atoms with Crippen LogP contribution in [0.3, 0.4) is 0 Å². The summed E-state index contributed by atoms with van der Waals surface area (Å²) in [5, 5.41) is 20.4. The van der Waals surface area contributed by atoms with Crippen molar-refractivity contribution in [2.24, 2.45) is 4.99 Å². The monoisotopic (exact) mass is 612 g/mol. The van der Waals surface area contributed by atoms with Gasteiger partial charge in [0, 0.05) is 36.8 Å². The quantitative estimate of drug-likeness (QED) is 0.319. The molecule has 7 rings (SSSR count). The number of nitrogens with zero attached hydrogens (tertiary/aromatic N) is 7. The molecule has 11 nitrogen and oxygen atoms in total. The van der Waals surface area contributed by atoms with Crippen LogP contribution in [0, 0.1) is 13.8 Å². The number of halogens is 1. The Kier molecular flexibility index (Phi) is 6.82. The molecule has 3 aromatic heterocycles. The summed E-state index contributed by atoms with van der Waals surface area (Å²) < 4.78 is 6.57. The predicted molar refractivity (Wildman–Crippen MR) is 170 cm³/mol. The molecule has 226 valence electrons. The molecule has 6 heterocycles. The molecule has 4 aromatic rings. The molecule has 3 aliphatic rings. The highest BCUT2D eigenvalue weighted by molar-refractivity contribution is 6.36. The van der Waals surface area contributed by atoms with Crippen LogP contribution < -0.4 is 9.64 Å². The van der Waals surface area contributed by atoms with E-state index in [9.17, 15) is 9.90 Å². The van der Waals surface area contributed by atoms with Gasteiger partial charge >= 0.3 is 0 Å². The van der Waals surface area contributed by atoms with Crippen molar-refractivity contribution in [3.8, 4) is 17.0 Å². The maximum atomic E-state index is 12.5. The summed E-state index contributed by atoms with van der Waals surface area (Å²) in [5.41, 5.74) is 6.21. The maximum absolute atomic E-state index is 12.5. The Balaban J connectivity index is 1.51. The predicted octanol–water partition coefficient (Wildman–Crippen LogP) is 4.68. The summed E-state index contributed by atoms with van der Waals surface area (Å²) in [6.45, 7) is 13.4. The van der Waals surface area contributed by atoms with E-state index in [-0.39, 0.29) is 24.5 Å². The van der Waals surface area contributed by atoms with Crippen LogP contribution in [-0.2, 0) is 4.79 Å². The second-order valence-electron chi connectivity index (χ2n) is 11.7. The fraction of sp³-hybridized carbons (Fsp3) is 0.344. The first kappa shape index (κ1) is 28.3. The molecule has 1 aromatic carbocycles. The number of aromatic nitrogens is 4. The van der Waals surface area contributed by atoms with E-state index in [0.717, 1.165) is 39.0 Å². The van der Waals surface area contributed by atoms with Crippen LogP contribution in [-0.4, -0.2) is 85.4 Å². The SMILES string of the molecule is C=CC(=O)N1CCN2C3=NC(O)N(c4c(C)ccnc4C(C)C)c4nc(-c5c(C)ccc6[nH]ncc56)c(Cl)c(c43)OCC2C1. The number of anilines is 2. The number of piperazine rings is 1. The molecule has 2 N–H and O–H groups in total. The van der Waals surface area contributed by atoms with E-state index in [1.807, 2.05) is 32.0 Å². The lowest BCUT2D eigenvalue weighted by Crippen LogP contribution is -2.58. The van der Waals surface area contributed by atoms with Crippen LogP contribution in [0.1, 0.15) is 42.1 Å². The van der Waals surface area contributed by atoms with E-state index in [4.69, 9.17) is 31.3 Å². The summed E-state index contributed by atoms with van der Waals surface area (Å²) in [6.07, 6.45) is 3.57. The molecular weight excluding hydrogens is 580 g/mol. The number of aromatic amines is 1. The molecule has 0 radical (unpaired) electrons. The minimum atomic E-state index is -1.30. The van der Waals surface area contributed by atoms with Crippen LogP contribution in [0.15, 0.2) is 48.2 Å². The van der Waals surface area contributed by atoms with Gasteiger partial charge < -0.3 is 19.6 Å². The Morgan fingerprint density at radius 1 is 1.20 bits per heavy atom. The second kappa shape index (κ2) is 10.6. The van der Waals surface area contributed by atoms with E-state index in [0.29, 0.717) is 53.3 Å². The van der Waals surface area contributed by atoms with Crippen LogP contribution in [0.5, 0.6) is 5.75 Å². The molecule has 44 heavy (non-hydrogen) atoms. The largest absolute Gasteiger partial charge is 0.489 e. The summed E-state index contributed by atoms with van der Waals surface area (Å²) in [5.74, 6) is 1.37. The van der Waals surface area contributed by atoms with Crippen molar-refractivity contribution in [1.82, 2.24) is 30.0 Å². The van der Waals surface area contributed by atoms with Gasteiger partial charge in [-0.1, -0.05) is 38.1 Å². The number of aliphatic imine (C=N–C) groups is 1. The highest BCUT2D eigenvalue weighted by Crippen LogP contribution is 2.49. The molecule has 12 heteroatoms. The number of fused-ring (bicyclic) bond motifs is 3. The molecule has 2 unspecified atom stereocenters. The van der Waals surface area contributed by atoms with E-state index in [1.165, 1.54) is 6.08 Å². The van der Waals surface area contributed by atoms with Crippen molar-refractivity contribution < 1.29 is 14.6 Å². The van der Waals surface area contributed by atoms with Gasteiger partial charge in [0.15, 0.2) is 11.6 Å². The fourth-order valence-electron chi connectivity index (χ4n) is 6.52. The number of hydrogen-bond acceptors (Lipinski definition) is 9. The molecule has 1 saturated heterocycles. The van der Waals surface area contributed by atoms with Crippen LogP contribution in [0.4, 0.5) is 11.5 Å². The number of H-pyrrole nitrogens is 1. The highest BCUT2D eigenvalue weighted by atomic mass is 35.5.